The van der Waals surface area contributed by atoms with Crippen LogP contribution in [0.25, 0.3) is 0 Å². The second-order valence-electron chi connectivity index (χ2n) is 3.66. The molecule has 0 aromatic heterocycles. The number of nitrogens with two attached hydrogens (primary N) is 1. The van der Waals surface area contributed by atoms with Gasteiger partial charge in [-0.05, 0) is 18.2 Å². The SMILES string of the molecule is Nc1cc([N+](=O)[O-])ccc1Oc1ccc(Cl)c(Cl)c1. The summed E-state index contributed by atoms with van der Waals surface area (Å²) in [4.78, 5) is 10.1. The summed E-state index contributed by atoms with van der Waals surface area (Å²) in [6.07, 6.45) is 0. The Morgan fingerprint density at radius 1 is 1.11 bits per heavy atom. The number of hydrogen-bond donors (Lipinski definition) is 1. The molecular formula is C12H8Cl2N2O3. The minimum Gasteiger partial charge on any atom is -0.455 e. The van der Waals surface area contributed by atoms with Crippen molar-refractivity contribution < 1.29 is 9.66 Å². The van der Waals surface area contributed by atoms with E-state index in [1.54, 1.807) is 12.1 Å². The van der Waals surface area contributed by atoms with Crippen molar-refractivity contribution in [3.8, 4) is 11.5 Å². The van der Waals surface area contributed by atoms with Gasteiger partial charge in [0.1, 0.15) is 5.75 Å². The van der Waals surface area contributed by atoms with Crippen molar-refractivity contribution >= 4 is 34.6 Å². The van der Waals surface area contributed by atoms with Crippen LogP contribution in [0, 0.1) is 10.1 Å². The third kappa shape index (κ3) is 3.07. The molecule has 0 atom stereocenters. The van der Waals surface area contributed by atoms with Crippen molar-refractivity contribution in [2.75, 3.05) is 5.73 Å². The summed E-state index contributed by atoms with van der Waals surface area (Å²) in [5.74, 6) is 0.749. The molecular weight excluding hydrogens is 291 g/mol. The van der Waals surface area contributed by atoms with Gasteiger partial charge in [-0.3, -0.25) is 10.1 Å². The van der Waals surface area contributed by atoms with Crippen molar-refractivity contribution in [3.05, 3.63) is 56.6 Å². The quantitative estimate of drug-likeness (QED) is 0.521. The number of anilines is 1. The molecule has 0 aliphatic carbocycles. The van der Waals surface area contributed by atoms with E-state index in [-0.39, 0.29) is 11.4 Å². The van der Waals surface area contributed by atoms with Gasteiger partial charge in [0.25, 0.3) is 5.69 Å². The number of halogens is 2. The normalized spacial score (nSPS) is 10.2. The van der Waals surface area contributed by atoms with E-state index in [9.17, 15) is 10.1 Å². The standard InChI is InChI=1S/C12H8Cl2N2O3/c13-9-3-2-8(6-10(9)14)19-12-4-1-7(16(17)18)5-11(12)15/h1-6H,15H2. The zero-order valence-electron chi connectivity index (χ0n) is 9.47. The van der Waals surface area contributed by atoms with Gasteiger partial charge < -0.3 is 10.5 Å². The van der Waals surface area contributed by atoms with Crippen molar-refractivity contribution in [3.63, 3.8) is 0 Å². The maximum Gasteiger partial charge on any atom is 0.271 e. The largest absolute Gasteiger partial charge is 0.455 e. The van der Waals surface area contributed by atoms with E-state index < -0.39 is 4.92 Å². The second-order valence-corrected chi connectivity index (χ2v) is 4.47. The first-order chi connectivity index (χ1) is 8.97. The van der Waals surface area contributed by atoms with E-state index in [1.807, 2.05) is 0 Å². The van der Waals surface area contributed by atoms with Crippen LogP contribution in [0.4, 0.5) is 11.4 Å². The number of rotatable bonds is 3. The summed E-state index contributed by atoms with van der Waals surface area (Å²) in [7, 11) is 0. The lowest BCUT2D eigenvalue weighted by Gasteiger charge is -2.08. The molecule has 0 bridgehead atoms. The van der Waals surface area contributed by atoms with Crippen LogP contribution in [0.5, 0.6) is 11.5 Å². The fraction of sp³-hybridized carbons (Fsp3) is 0. The Morgan fingerprint density at radius 3 is 2.42 bits per heavy atom. The lowest BCUT2D eigenvalue weighted by Crippen LogP contribution is -1.95. The van der Waals surface area contributed by atoms with Gasteiger partial charge in [0.05, 0.1) is 20.7 Å². The number of hydrogen-bond acceptors (Lipinski definition) is 4. The number of benzene rings is 2. The summed E-state index contributed by atoms with van der Waals surface area (Å²) in [6, 6.07) is 8.70. The summed E-state index contributed by atoms with van der Waals surface area (Å²) < 4.78 is 5.49. The molecule has 0 unspecified atom stereocenters. The molecule has 0 fully saturated rings. The van der Waals surface area contributed by atoms with Gasteiger partial charge in [-0.2, -0.15) is 0 Å². The minimum absolute atomic E-state index is 0.0982. The van der Waals surface area contributed by atoms with Crippen LogP contribution in [0.3, 0.4) is 0 Å². The van der Waals surface area contributed by atoms with E-state index in [0.717, 1.165) is 0 Å². The second kappa shape index (κ2) is 5.34. The zero-order chi connectivity index (χ0) is 14.0. The Kier molecular flexibility index (Phi) is 3.78. The highest BCUT2D eigenvalue weighted by Crippen LogP contribution is 2.33. The average Bonchev–Trinajstić information content (AvgIpc) is 2.36. The zero-order valence-corrected chi connectivity index (χ0v) is 11.0. The van der Waals surface area contributed by atoms with Crippen LogP contribution in [0.1, 0.15) is 0 Å². The molecule has 0 saturated heterocycles. The third-order valence-corrected chi connectivity index (χ3v) is 3.06. The number of nitrogen functional groups attached to an aromatic ring is 1. The Hall–Kier alpha value is -1.98. The van der Waals surface area contributed by atoms with Crippen LogP contribution in [-0.2, 0) is 0 Å². The molecule has 0 radical (unpaired) electrons. The Labute approximate surface area is 118 Å². The first-order valence-corrected chi connectivity index (χ1v) is 5.90. The van der Waals surface area contributed by atoms with Crippen LogP contribution >= 0.6 is 23.2 Å². The molecule has 0 spiro atoms. The molecule has 0 heterocycles. The van der Waals surface area contributed by atoms with Crippen LogP contribution < -0.4 is 10.5 Å². The number of nitrogens with zero attached hydrogens (tertiary/aromatic N) is 1. The minimum atomic E-state index is -0.528. The first kappa shape index (κ1) is 13.5. The first-order valence-electron chi connectivity index (χ1n) is 5.14. The highest BCUT2D eigenvalue weighted by molar-refractivity contribution is 6.42. The predicted molar refractivity (Wildman–Crippen MR) is 74.0 cm³/mol. The highest BCUT2D eigenvalue weighted by atomic mass is 35.5. The Morgan fingerprint density at radius 2 is 1.84 bits per heavy atom. The molecule has 7 heteroatoms. The number of non-ortho nitro benzene ring substituents is 1. The van der Waals surface area contributed by atoms with Gasteiger partial charge in [0, 0.05) is 18.2 Å². The number of ether oxygens (including phenoxy) is 1. The van der Waals surface area contributed by atoms with Crippen molar-refractivity contribution in [1.82, 2.24) is 0 Å². The molecule has 0 aliphatic heterocycles. The third-order valence-electron chi connectivity index (χ3n) is 2.32. The number of nitro groups is 1. The monoisotopic (exact) mass is 298 g/mol. The van der Waals surface area contributed by atoms with Crippen LogP contribution in [0.2, 0.25) is 10.0 Å². The molecule has 98 valence electrons. The van der Waals surface area contributed by atoms with Gasteiger partial charge in [-0.25, -0.2) is 0 Å². The highest BCUT2D eigenvalue weighted by Gasteiger charge is 2.10. The molecule has 0 amide bonds. The molecule has 2 aromatic rings. The average molecular weight is 299 g/mol. The molecule has 0 aliphatic rings. The topological polar surface area (TPSA) is 78.4 Å². The molecule has 2 N–H and O–H groups in total. The number of nitro benzene ring substituents is 1. The predicted octanol–water partition coefficient (Wildman–Crippen LogP) is 4.28. The van der Waals surface area contributed by atoms with Gasteiger partial charge in [-0.1, -0.05) is 23.2 Å². The fourth-order valence-corrected chi connectivity index (χ4v) is 1.70. The fourth-order valence-electron chi connectivity index (χ4n) is 1.41. The van der Waals surface area contributed by atoms with E-state index in [1.165, 1.54) is 24.3 Å². The van der Waals surface area contributed by atoms with Crippen LogP contribution in [-0.4, -0.2) is 4.92 Å². The lowest BCUT2D eigenvalue weighted by molar-refractivity contribution is -0.384. The summed E-state index contributed by atoms with van der Waals surface area (Å²) in [6.45, 7) is 0. The van der Waals surface area contributed by atoms with E-state index in [0.29, 0.717) is 21.5 Å². The summed E-state index contributed by atoms with van der Waals surface area (Å²) in [5, 5.41) is 11.3. The van der Waals surface area contributed by atoms with E-state index in [2.05, 4.69) is 0 Å². The summed E-state index contributed by atoms with van der Waals surface area (Å²) >= 11 is 11.6. The van der Waals surface area contributed by atoms with Crippen molar-refractivity contribution in [2.24, 2.45) is 0 Å². The van der Waals surface area contributed by atoms with E-state index in [4.69, 9.17) is 33.7 Å². The molecule has 5 nitrogen and oxygen atoms in total. The summed E-state index contributed by atoms with van der Waals surface area (Å²) in [5.41, 5.74) is 5.76. The maximum absolute atomic E-state index is 10.6. The maximum atomic E-state index is 10.6. The Balaban J connectivity index is 2.28. The van der Waals surface area contributed by atoms with Crippen molar-refractivity contribution in [2.45, 2.75) is 0 Å². The van der Waals surface area contributed by atoms with Crippen LogP contribution in [0.15, 0.2) is 36.4 Å². The molecule has 19 heavy (non-hydrogen) atoms. The van der Waals surface area contributed by atoms with E-state index >= 15 is 0 Å². The van der Waals surface area contributed by atoms with Gasteiger partial charge in [0.2, 0.25) is 0 Å². The van der Waals surface area contributed by atoms with Gasteiger partial charge in [-0.15, -0.1) is 0 Å². The van der Waals surface area contributed by atoms with Gasteiger partial charge in [0.15, 0.2) is 5.75 Å². The lowest BCUT2D eigenvalue weighted by atomic mass is 10.2. The molecule has 2 rings (SSSR count). The smallest absolute Gasteiger partial charge is 0.271 e. The van der Waals surface area contributed by atoms with Gasteiger partial charge >= 0.3 is 0 Å². The van der Waals surface area contributed by atoms with Crippen molar-refractivity contribution in [1.29, 1.82) is 0 Å². The Bertz CT molecular complexity index is 647. The molecule has 2 aromatic carbocycles. The molecule has 0 saturated carbocycles.